The van der Waals surface area contributed by atoms with Gasteiger partial charge in [0.15, 0.2) is 0 Å². The molecule has 3 rings (SSSR count). The van der Waals surface area contributed by atoms with Crippen molar-refractivity contribution in [3.05, 3.63) is 78.4 Å². The summed E-state index contributed by atoms with van der Waals surface area (Å²) in [6.45, 7) is 5.94. The number of allylic oxidation sites excluding steroid dienone is 1. The van der Waals surface area contributed by atoms with E-state index in [4.69, 9.17) is 0 Å². The zero-order valence-corrected chi connectivity index (χ0v) is 12.1. The molecule has 1 heteroatoms. The number of hydrogen-bond donors (Lipinski definition) is 1. The molecule has 0 aliphatic carbocycles. The lowest BCUT2D eigenvalue weighted by atomic mass is 9.89. The number of hydrogen-bond acceptors (Lipinski definition) is 1. The number of phenols is 1. The second-order valence-corrected chi connectivity index (χ2v) is 5.23. The molecule has 0 radical (unpaired) electrons. The number of rotatable bonds is 3. The van der Waals surface area contributed by atoms with E-state index in [2.05, 4.69) is 19.6 Å². The molecule has 0 bridgehead atoms. The average molecular weight is 274 g/mol. The molecule has 0 atom stereocenters. The third-order valence-electron chi connectivity index (χ3n) is 3.98. The van der Waals surface area contributed by atoms with Crippen molar-refractivity contribution in [3.8, 4) is 16.9 Å². The van der Waals surface area contributed by atoms with Crippen LogP contribution >= 0.6 is 0 Å². The van der Waals surface area contributed by atoms with Gasteiger partial charge in [0, 0.05) is 10.9 Å². The van der Waals surface area contributed by atoms with Crippen LogP contribution in [0.2, 0.25) is 0 Å². The Kier molecular flexibility index (Phi) is 3.49. The summed E-state index contributed by atoms with van der Waals surface area (Å²) in [7, 11) is 0. The van der Waals surface area contributed by atoms with Gasteiger partial charge >= 0.3 is 0 Å². The van der Waals surface area contributed by atoms with Crippen LogP contribution in [0.5, 0.6) is 5.75 Å². The highest BCUT2D eigenvalue weighted by Gasteiger charge is 2.16. The smallest absolute Gasteiger partial charge is 0.131 e. The molecule has 0 amide bonds. The van der Waals surface area contributed by atoms with Crippen LogP contribution in [-0.2, 0) is 6.42 Å². The molecule has 104 valence electrons. The van der Waals surface area contributed by atoms with Crippen molar-refractivity contribution in [1.29, 1.82) is 0 Å². The monoisotopic (exact) mass is 274 g/mol. The highest BCUT2D eigenvalue weighted by molar-refractivity contribution is 5.99. The van der Waals surface area contributed by atoms with Crippen LogP contribution in [0.15, 0.2) is 67.3 Å². The van der Waals surface area contributed by atoms with E-state index >= 15 is 0 Å². The molecule has 0 aliphatic rings. The van der Waals surface area contributed by atoms with Crippen LogP contribution in [0.4, 0.5) is 0 Å². The normalized spacial score (nSPS) is 10.7. The predicted molar refractivity (Wildman–Crippen MR) is 89.7 cm³/mol. The minimum Gasteiger partial charge on any atom is -0.507 e. The molecule has 0 aliphatic heterocycles. The first kappa shape index (κ1) is 13.4. The molecule has 0 fully saturated rings. The quantitative estimate of drug-likeness (QED) is 0.647. The van der Waals surface area contributed by atoms with Crippen molar-refractivity contribution < 1.29 is 5.11 Å². The maximum atomic E-state index is 10.8. The summed E-state index contributed by atoms with van der Waals surface area (Å²) in [4.78, 5) is 0. The summed E-state index contributed by atoms with van der Waals surface area (Å²) in [6, 6.07) is 18.1. The summed E-state index contributed by atoms with van der Waals surface area (Å²) in [5, 5.41) is 12.8. The van der Waals surface area contributed by atoms with E-state index in [-0.39, 0.29) is 0 Å². The maximum Gasteiger partial charge on any atom is 0.131 e. The van der Waals surface area contributed by atoms with Gasteiger partial charge < -0.3 is 5.11 Å². The van der Waals surface area contributed by atoms with Gasteiger partial charge in [0.05, 0.1) is 0 Å². The molecule has 0 saturated carbocycles. The molecule has 0 heterocycles. The molecule has 1 N–H and O–H groups in total. The van der Waals surface area contributed by atoms with Crippen molar-refractivity contribution >= 4 is 10.8 Å². The van der Waals surface area contributed by atoms with Crippen molar-refractivity contribution in [1.82, 2.24) is 0 Å². The summed E-state index contributed by atoms with van der Waals surface area (Å²) in [6.07, 6.45) is 2.72. The van der Waals surface area contributed by atoms with Gasteiger partial charge in [0.1, 0.15) is 5.75 Å². The highest BCUT2D eigenvalue weighted by Crippen LogP contribution is 2.41. The first-order chi connectivity index (χ1) is 10.2. The largest absolute Gasteiger partial charge is 0.507 e. The summed E-state index contributed by atoms with van der Waals surface area (Å²) >= 11 is 0. The second kappa shape index (κ2) is 5.45. The van der Waals surface area contributed by atoms with Crippen LogP contribution in [0.25, 0.3) is 21.9 Å². The minimum absolute atomic E-state index is 0.363. The fraction of sp³-hybridized carbons (Fsp3) is 0.100. The van der Waals surface area contributed by atoms with E-state index in [1.165, 1.54) is 5.56 Å². The Labute approximate surface area is 125 Å². The zero-order chi connectivity index (χ0) is 14.8. The topological polar surface area (TPSA) is 20.2 Å². The molecule has 0 saturated heterocycles. The Morgan fingerprint density at radius 1 is 0.952 bits per heavy atom. The second-order valence-electron chi connectivity index (χ2n) is 5.23. The molecule has 3 aromatic carbocycles. The van der Waals surface area contributed by atoms with E-state index in [0.29, 0.717) is 5.75 Å². The standard InChI is InChI=1S/C20H18O/c1-3-9-16-14(2)19(15-10-5-4-6-11-15)20(21)18-13-8-7-12-17(16)18/h3-8,10-13,21H,1,9H2,2H3. The number of aromatic hydroxyl groups is 1. The SMILES string of the molecule is C=CCc1c(C)c(-c2ccccc2)c(O)c2ccccc12. The molecular weight excluding hydrogens is 256 g/mol. The lowest BCUT2D eigenvalue weighted by Crippen LogP contribution is -1.95. The van der Waals surface area contributed by atoms with Gasteiger partial charge in [-0.3, -0.25) is 0 Å². The van der Waals surface area contributed by atoms with E-state index in [9.17, 15) is 5.11 Å². The van der Waals surface area contributed by atoms with Gasteiger partial charge in [-0.05, 0) is 35.4 Å². The summed E-state index contributed by atoms with van der Waals surface area (Å²) in [5.74, 6) is 0.363. The van der Waals surface area contributed by atoms with Gasteiger partial charge in [-0.15, -0.1) is 6.58 Å². The van der Waals surface area contributed by atoms with E-state index in [1.54, 1.807) is 0 Å². The van der Waals surface area contributed by atoms with Crippen LogP contribution in [0, 0.1) is 6.92 Å². The van der Waals surface area contributed by atoms with Gasteiger partial charge in [-0.25, -0.2) is 0 Å². The molecule has 21 heavy (non-hydrogen) atoms. The van der Waals surface area contributed by atoms with Crippen molar-refractivity contribution in [2.75, 3.05) is 0 Å². The third-order valence-corrected chi connectivity index (χ3v) is 3.98. The number of phenolic OH excluding ortho intramolecular Hbond substituents is 1. The van der Waals surface area contributed by atoms with Crippen LogP contribution in [-0.4, -0.2) is 5.11 Å². The van der Waals surface area contributed by atoms with Gasteiger partial charge in [-0.2, -0.15) is 0 Å². The lowest BCUT2D eigenvalue weighted by molar-refractivity contribution is 0.483. The third kappa shape index (κ3) is 2.21. The predicted octanol–water partition coefficient (Wildman–Crippen LogP) is 5.25. The summed E-state index contributed by atoms with van der Waals surface area (Å²) < 4.78 is 0. The van der Waals surface area contributed by atoms with Crippen molar-refractivity contribution in [3.63, 3.8) is 0 Å². The molecule has 3 aromatic rings. The Balaban J connectivity index is 2.42. The Bertz CT molecular complexity index is 801. The van der Waals surface area contributed by atoms with Crippen LogP contribution in [0.3, 0.4) is 0 Å². The molecular formula is C20H18O. The first-order valence-electron chi connectivity index (χ1n) is 7.13. The van der Waals surface area contributed by atoms with E-state index in [1.807, 2.05) is 54.6 Å². The molecule has 0 aromatic heterocycles. The van der Waals surface area contributed by atoms with Crippen molar-refractivity contribution in [2.45, 2.75) is 13.3 Å². The maximum absolute atomic E-state index is 10.8. The highest BCUT2D eigenvalue weighted by atomic mass is 16.3. The number of benzene rings is 3. The molecule has 1 nitrogen and oxygen atoms in total. The Morgan fingerprint density at radius 3 is 2.24 bits per heavy atom. The average Bonchev–Trinajstić information content (AvgIpc) is 2.53. The molecule has 0 spiro atoms. The first-order valence-corrected chi connectivity index (χ1v) is 7.13. The fourth-order valence-electron chi connectivity index (χ4n) is 2.98. The van der Waals surface area contributed by atoms with Gasteiger partial charge in [0.25, 0.3) is 0 Å². The van der Waals surface area contributed by atoms with E-state index in [0.717, 1.165) is 33.9 Å². The Hall–Kier alpha value is -2.54. The number of fused-ring (bicyclic) bond motifs is 1. The van der Waals surface area contributed by atoms with E-state index < -0.39 is 0 Å². The van der Waals surface area contributed by atoms with Gasteiger partial charge in [-0.1, -0.05) is 60.7 Å². The fourth-order valence-corrected chi connectivity index (χ4v) is 2.98. The molecule has 0 unspecified atom stereocenters. The summed E-state index contributed by atoms with van der Waals surface area (Å²) in [5.41, 5.74) is 4.32. The van der Waals surface area contributed by atoms with Crippen LogP contribution < -0.4 is 0 Å². The minimum atomic E-state index is 0.363. The van der Waals surface area contributed by atoms with Crippen LogP contribution in [0.1, 0.15) is 11.1 Å². The Morgan fingerprint density at radius 2 is 1.57 bits per heavy atom. The zero-order valence-electron chi connectivity index (χ0n) is 12.1. The lowest BCUT2D eigenvalue weighted by Gasteiger charge is -2.17. The van der Waals surface area contributed by atoms with Gasteiger partial charge in [0.2, 0.25) is 0 Å². The van der Waals surface area contributed by atoms with Crippen molar-refractivity contribution in [2.24, 2.45) is 0 Å².